The summed E-state index contributed by atoms with van der Waals surface area (Å²) in [6.07, 6.45) is 5.14. The molecular formula is C25H23N5OPt. The van der Waals surface area contributed by atoms with Crippen LogP contribution in [-0.4, -0.2) is 19.1 Å². The molecule has 1 N–H and O–H groups in total. The van der Waals surface area contributed by atoms with Gasteiger partial charge in [-0.15, -0.1) is 22.3 Å². The van der Waals surface area contributed by atoms with Crippen LogP contribution in [-0.2, 0) is 40.7 Å². The quantitative estimate of drug-likeness (QED) is 0.328. The van der Waals surface area contributed by atoms with E-state index in [1.54, 1.807) is 0 Å². The van der Waals surface area contributed by atoms with Gasteiger partial charge < -0.3 is 19.2 Å². The Morgan fingerprint density at radius 2 is 1.50 bits per heavy atom. The molecule has 0 radical (unpaired) electrons. The van der Waals surface area contributed by atoms with Gasteiger partial charge in [0.05, 0.1) is 18.3 Å². The molecule has 0 saturated heterocycles. The molecule has 164 valence electrons. The monoisotopic (exact) mass is 604 g/mol. The number of hydrogen-bond acceptors (Lipinski definition) is 4. The van der Waals surface area contributed by atoms with Crippen molar-refractivity contribution in [2.45, 2.75) is 47.3 Å². The van der Waals surface area contributed by atoms with Crippen LogP contribution < -0.4 is 10.1 Å². The Balaban J connectivity index is 0.00000216. The van der Waals surface area contributed by atoms with Gasteiger partial charge in [0.1, 0.15) is 0 Å². The van der Waals surface area contributed by atoms with Gasteiger partial charge in [-0.3, -0.25) is 9.97 Å². The third-order valence-electron chi connectivity index (χ3n) is 6.10. The zero-order chi connectivity index (χ0) is 21.3. The number of ether oxygens (including phenoxy) is 1. The number of rotatable bonds is 2. The van der Waals surface area contributed by atoms with E-state index in [-0.39, 0.29) is 21.1 Å². The molecule has 2 aliphatic heterocycles. The van der Waals surface area contributed by atoms with Crippen LogP contribution in [0, 0.1) is 39.8 Å². The fraction of sp³-hybridized carbons (Fsp3) is 0.280. The molecule has 2 aromatic carbocycles. The van der Waals surface area contributed by atoms with Gasteiger partial charge in [-0.05, 0) is 26.0 Å². The van der Waals surface area contributed by atoms with Crippen molar-refractivity contribution in [2.75, 3.05) is 5.32 Å². The minimum atomic E-state index is 0. The number of anilines is 1. The molecule has 0 bridgehead atoms. The maximum absolute atomic E-state index is 6.30. The van der Waals surface area contributed by atoms with Crippen LogP contribution in [0.25, 0.3) is 22.8 Å². The standard InChI is InChI=1S/C25H23N5O.Pt/c1-14-7-18(9-21-20(14)5-6-29-11-16(3)27-24(21)29)31-19-8-15(2)23-22(10-19)25-28-17(4)12-30(25)13-26-23;/h7-8,11-12,26H,5-6,13H2,1-4H3;/q-2;+2. The van der Waals surface area contributed by atoms with Crippen molar-refractivity contribution in [3.05, 3.63) is 64.7 Å². The second-order valence-electron chi connectivity index (χ2n) is 8.50. The molecule has 0 saturated carbocycles. The van der Waals surface area contributed by atoms with Crippen molar-refractivity contribution in [2.24, 2.45) is 0 Å². The molecule has 0 aliphatic carbocycles. The van der Waals surface area contributed by atoms with E-state index >= 15 is 0 Å². The molecule has 2 aliphatic rings. The van der Waals surface area contributed by atoms with Crippen LogP contribution >= 0.6 is 0 Å². The van der Waals surface area contributed by atoms with Crippen LogP contribution in [0.2, 0.25) is 0 Å². The average molecular weight is 605 g/mol. The van der Waals surface area contributed by atoms with E-state index in [2.05, 4.69) is 52.7 Å². The van der Waals surface area contributed by atoms with Gasteiger partial charge in [0.2, 0.25) is 0 Å². The SMILES string of the molecule is Cc1cn2c(n1)-c1[c-]c(Oc3[c-]c4c(c(C)c3)NCn3cc(C)nc3-4)cc(C)c1CC2.[Pt+2]. The van der Waals surface area contributed by atoms with E-state index in [1.165, 1.54) is 11.1 Å². The zero-order valence-corrected chi connectivity index (χ0v) is 20.7. The van der Waals surface area contributed by atoms with Crippen molar-refractivity contribution >= 4 is 5.69 Å². The van der Waals surface area contributed by atoms with Crippen LogP contribution in [0.1, 0.15) is 28.1 Å². The largest absolute Gasteiger partial charge is 2.00 e. The fourth-order valence-electron chi connectivity index (χ4n) is 4.72. The van der Waals surface area contributed by atoms with Gasteiger partial charge >= 0.3 is 21.1 Å². The Kier molecular flexibility index (Phi) is 5.01. The Labute approximate surface area is 201 Å². The van der Waals surface area contributed by atoms with Crippen molar-refractivity contribution < 1.29 is 25.8 Å². The number of aromatic nitrogens is 4. The first-order valence-corrected chi connectivity index (χ1v) is 10.6. The van der Waals surface area contributed by atoms with Gasteiger partial charge in [-0.25, -0.2) is 0 Å². The van der Waals surface area contributed by atoms with E-state index in [0.717, 1.165) is 58.4 Å². The molecule has 0 spiro atoms. The summed E-state index contributed by atoms with van der Waals surface area (Å²) in [6.45, 7) is 9.92. The fourth-order valence-corrected chi connectivity index (χ4v) is 4.72. The van der Waals surface area contributed by atoms with Crippen molar-refractivity contribution in [3.63, 3.8) is 0 Å². The van der Waals surface area contributed by atoms with Gasteiger partial charge in [0, 0.05) is 41.8 Å². The molecule has 0 fully saturated rings. The van der Waals surface area contributed by atoms with Gasteiger partial charge in [0.15, 0.2) is 0 Å². The number of nitrogens with one attached hydrogen (secondary N) is 1. The predicted octanol–water partition coefficient (Wildman–Crippen LogP) is 4.98. The third kappa shape index (κ3) is 3.29. The second kappa shape index (κ2) is 7.63. The normalized spacial score (nSPS) is 13.2. The molecule has 0 atom stereocenters. The molecule has 0 amide bonds. The first kappa shape index (κ1) is 21.0. The summed E-state index contributed by atoms with van der Waals surface area (Å²) < 4.78 is 10.6. The summed E-state index contributed by atoms with van der Waals surface area (Å²) in [5.74, 6) is 3.24. The molecule has 4 aromatic rings. The van der Waals surface area contributed by atoms with Crippen LogP contribution in [0.4, 0.5) is 5.69 Å². The van der Waals surface area contributed by atoms with Crippen LogP contribution in [0.15, 0.2) is 24.5 Å². The van der Waals surface area contributed by atoms with E-state index in [0.29, 0.717) is 18.2 Å². The van der Waals surface area contributed by atoms with E-state index in [9.17, 15) is 0 Å². The minimum absolute atomic E-state index is 0. The van der Waals surface area contributed by atoms with E-state index in [1.807, 2.05) is 26.1 Å². The molecule has 6 rings (SSSR count). The van der Waals surface area contributed by atoms with Gasteiger partial charge in [0.25, 0.3) is 0 Å². The number of imidazole rings is 2. The number of nitrogens with zero attached hydrogens (tertiary/aromatic N) is 4. The van der Waals surface area contributed by atoms with Crippen molar-refractivity contribution in [3.8, 4) is 34.3 Å². The summed E-state index contributed by atoms with van der Waals surface area (Å²) in [6, 6.07) is 11.0. The van der Waals surface area contributed by atoms with Crippen LogP contribution in [0.3, 0.4) is 0 Å². The zero-order valence-electron chi connectivity index (χ0n) is 18.4. The van der Waals surface area contributed by atoms with Gasteiger partial charge in [-0.2, -0.15) is 0 Å². The van der Waals surface area contributed by atoms with E-state index < -0.39 is 0 Å². The van der Waals surface area contributed by atoms with Crippen LogP contribution in [0.5, 0.6) is 11.5 Å². The average Bonchev–Trinajstić information content (AvgIpc) is 3.29. The van der Waals surface area contributed by atoms with E-state index in [4.69, 9.17) is 14.7 Å². The molecule has 6 nitrogen and oxygen atoms in total. The third-order valence-corrected chi connectivity index (χ3v) is 6.10. The summed E-state index contributed by atoms with van der Waals surface area (Å²) >= 11 is 0. The molecule has 0 unspecified atom stereocenters. The maximum atomic E-state index is 6.30. The topological polar surface area (TPSA) is 56.9 Å². The first-order chi connectivity index (χ1) is 15.0. The Morgan fingerprint density at radius 3 is 2.25 bits per heavy atom. The Morgan fingerprint density at radius 1 is 0.875 bits per heavy atom. The number of benzene rings is 2. The summed E-state index contributed by atoms with van der Waals surface area (Å²) in [5, 5.41) is 3.47. The molecule has 2 aromatic heterocycles. The number of aryl methyl sites for hydroxylation is 5. The summed E-state index contributed by atoms with van der Waals surface area (Å²) in [7, 11) is 0. The second-order valence-corrected chi connectivity index (χ2v) is 8.50. The number of hydrogen-bond donors (Lipinski definition) is 1. The van der Waals surface area contributed by atoms with Gasteiger partial charge in [-0.1, -0.05) is 43.7 Å². The summed E-state index contributed by atoms with van der Waals surface area (Å²) in [4.78, 5) is 9.43. The summed E-state index contributed by atoms with van der Waals surface area (Å²) in [5.41, 5.74) is 8.68. The molecular weight excluding hydrogens is 581 g/mol. The molecule has 32 heavy (non-hydrogen) atoms. The minimum Gasteiger partial charge on any atom is -0.497 e. The first-order valence-electron chi connectivity index (χ1n) is 10.6. The predicted molar refractivity (Wildman–Crippen MR) is 119 cm³/mol. The molecule has 7 heteroatoms. The maximum Gasteiger partial charge on any atom is 2.00 e. The smallest absolute Gasteiger partial charge is 0.497 e. The Hall–Kier alpha value is -2.85. The van der Waals surface area contributed by atoms with Crippen molar-refractivity contribution in [1.82, 2.24) is 19.1 Å². The number of fused-ring (bicyclic) bond motifs is 6. The Bertz CT molecular complexity index is 1260. The van der Waals surface area contributed by atoms with Crippen molar-refractivity contribution in [1.29, 1.82) is 0 Å². The molecule has 4 heterocycles.